The Kier molecular flexibility index (Phi) is 5.45. The molecule has 4 aromatic rings. The fraction of sp³-hybridized carbons (Fsp3) is 0.192. The van der Waals surface area contributed by atoms with Gasteiger partial charge < -0.3 is 19.3 Å². The van der Waals surface area contributed by atoms with Gasteiger partial charge in [-0.2, -0.15) is 0 Å². The van der Waals surface area contributed by atoms with Crippen molar-refractivity contribution in [3.05, 3.63) is 70.9 Å². The quantitative estimate of drug-likeness (QED) is 0.445. The SMILES string of the molecule is COc1cc2c(cc1-c1cccc(C(=O)N(C)C)c1)-c1c(-c3cccs3)nc(C(=O)O)n1CC2. The number of methoxy groups -OCH3 is 1. The van der Waals surface area contributed by atoms with Gasteiger partial charge in [-0.3, -0.25) is 4.79 Å². The largest absolute Gasteiger partial charge is 0.496 e. The summed E-state index contributed by atoms with van der Waals surface area (Å²) >= 11 is 1.53. The lowest BCUT2D eigenvalue weighted by Gasteiger charge is -2.23. The molecule has 0 radical (unpaired) electrons. The molecule has 1 amide bonds. The predicted octanol–water partition coefficient (Wildman–Crippen LogP) is 4.91. The van der Waals surface area contributed by atoms with Crippen LogP contribution in [0.1, 0.15) is 26.5 Å². The third-order valence-electron chi connectivity index (χ3n) is 6.03. The van der Waals surface area contributed by atoms with Crippen molar-refractivity contribution in [2.45, 2.75) is 13.0 Å². The molecule has 7 nitrogen and oxygen atoms in total. The zero-order valence-electron chi connectivity index (χ0n) is 19.0. The van der Waals surface area contributed by atoms with E-state index in [1.807, 2.05) is 47.8 Å². The number of rotatable bonds is 5. The number of aromatic carboxylic acids is 1. The van der Waals surface area contributed by atoms with Crippen LogP contribution in [0.2, 0.25) is 0 Å². The molecule has 0 fully saturated rings. The van der Waals surface area contributed by atoms with Gasteiger partial charge in [0.1, 0.15) is 11.4 Å². The molecule has 5 rings (SSSR count). The first-order chi connectivity index (χ1) is 16.4. The van der Waals surface area contributed by atoms with Gasteiger partial charge in [0.25, 0.3) is 5.91 Å². The fourth-order valence-corrected chi connectivity index (χ4v) is 5.16. The number of aryl methyl sites for hydroxylation is 1. The summed E-state index contributed by atoms with van der Waals surface area (Å²) in [6.07, 6.45) is 0.665. The van der Waals surface area contributed by atoms with E-state index in [0.29, 0.717) is 30.0 Å². The molecule has 0 aliphatic carbocycles. The molecule has 0 atom stereocenters. The second-order valence-corrected chi connectivity index (χ2v) is 9.25. The molecule has 3 heterocycles. The van der Waals surface area contributed by atoms with Crippen LogP contribution < -0.4 is 4.74 Å². The molecule has 1 aliphatic rings. The maximum Gasteiger partial charge on any atom is 0.372 e. The van der Waals surface area contributed by atoms with Crippen molar-refractivity contribution >= 4 is 23.2 Å². The van der Waals surface area contributed by atoms with E-state index >= 15 is 0 Å². The number of nitrogens with zero attached hydrogens (tertiary/aromatic N) is 3. The van der Waals surface area contributed by atoms with Crippen LogP contribution in [0, 0.1) is 0 Å². The topological polar surface area (TPSA) is 84.7 Å². The van der Waals surface area contributed by atoms with E-state index in [4.69, 9.17) is 4.74 Å². The van der Waals surface area contributed by atoms with Crippen LogP contribution in [0.25, 0.3) is 33.0 Å². The predicted molar refractivity (Wildman–Crippen MR) is 132 cm³/mol. The number of carboxylic acid groups (broad SMARTS) is 1. The van der Waals surface area contributed by atoms with Crippen molar-refractivity contribution in [3.8, 4) is 38.7 Å². The second-order valence-electron chi connectivity index (χ2n) is 8.31. The Morgan fingerprint density at radius 3 is 2.62 bits per heavy atom. The molecule has 2 aromatic heterocycles. The van der Waals surface area contributed by atoms with Crippen LogP contribution in [-0.2, 0) is 13.0 Å². The molecule has 0 saturated heterocycles. The zero-order valence-corrected chi connectivity index (χ0v) is 19.8. The molecule has 0 saturated carbocycles. The number of imidazole rings is 1. The molecular formula is C26H23N3O4S. The van der Waals surface area contributed by atoms with Crippen LogP contribution in [0.5, 0.6) is 5.75 Å². The Hall–Kier alpha value is -3.91. The molecule has 8 heteroatoms. The number of carbonyl (C=O) groups excluding carboxylic acids is 1. The number of hydrogen-bond donors (Lipinski definition) is 1. The van der Waals surface area contributed by atoms with Crippen LogP contribution in [-0.4, -0.2) is 52.6 Å². The Morgan fingerprint density at radius 2 is 1.94 bits per heavy atom. The van der Waals surface area contributed by atoms with E-state index in [9.17, 15) is 14.7 Å². The molecule has 34 heavy (non-hydrogen) atoms. The van der Waals surface area contributed by atoms with E-state index in [1.54, 1.807) is 36.7 Å². The molecule has 0 bridgehead atoms. The third-order valence-corrected chi connectivity index (χ3v) is 6.90. The minimum atomic E-state index is -1.05. The van der Waals surface area contributed by atoms with E-state index in [2.05, 4.69) is 4.98 Å². The van der Waals surface area contributed by atoms with Crippen molar-refractivity contribution in [2.75, 3.05) is 21.2 Å². The normalized spacial score (nSPS) is 12.1. The summed E-state index contributed by atoms with van der Waals surface area (Å²) in [4.78, 5) is 31.5. The second kappa shape index (κ2) is 8.46. The van der Waals surface area contributed by atoms with Crippen LogP contribution in [0.4, 0.5) is 0 Å². The lowest BCUT2D eigenvalue weighted by atomic mass is 9.91. The van der Waals surface area contributed by atoms with Gasteiger partial charge in [0.2, 0.25) is 5.82 Å². The standard InChI is InChI=1S/C26H23N3O4S/c1-28(2)25(30)17-7-4-6-15(12-17)18-14-19-16(13-20(18)33-3)9-10-29-23(19)22(21-8-5-11-34-21)27-24(29)26(31)32/h4-8,11-14H,9-10H2,1-3H3,(H,31,32). The Morgan fingerprint density at radius 1 is 1.12 bits per heavy atom. The molecule has 1 aliphatic heterocycles. The lowest BCUT2D eigenvalue weighted by molar-refractivity contribution is 0.0677. The summed E-state index contributed by atoms with van der Waals surface area (Å²) < 4.78 is 7.53. The molecule has 0 spiro atoms. The lowest BCUT2D eigenvalue weighted by Crippen LogP contribution is -2.21. The fourth-order valence-electron chi connectivity index (χ4n) is 4.45. The van der Waals surface area contributed by atoms with Crippen LogP contribution in [0.3, 0.4) is 0 Å². The Bertz CT molecular complexity index is 1420. The van der Waals surface area contributed by atoms with Crippen molar-refractivity contribution < 1.29 is 19.4 Å². The Labute approximate surface area is 200 Å². The number of ether oxygens (including phenoxy) is 1. The van der Waals surface area contributed by atoms with E-state index < -0.39 is 5.97 Å². The zero-order chi connectivity index (χ0) is 24.0. The molecule has 1 N–H and O–H groups in total. The van der Waals surface area contributed by atoms with Crippen LogP contribution >= 0.6 is 11.3 Å². The third kappa shape index (κ3) is 3.56. The summed E-state index contributed by atoms with van der Waals surface area (Å²) in [5.41, 5.74) is 5.72. The summed E-state index contributed by atoms with van der Waals surface area (Å²) in [6.45, 7) is 0.525. The molecule has 172 valence electrons. The average Bonchev–Trinajstić information content (AvgIpc) is 3.50. The van der Waals surface area contributed by atoms with Gasteiger partial charge in [0, 0.05) is 37.3 Å². The number of aromatic nitrogens is 2. The monoisotopic (exact) mass is 473 g/mol. The maximum absolute atomic E-state index is 12.6. The van der Waals surface area contributed by atoms with Gasteiger partial charge in [-0.1, -0.05) is 18.2 Å². The van der Waals surface area contributed by atoms with Gasteiger partial charge in [-0.25, -0.2) is 9.78 Å². The highest BCUT2D eigenvalue weighted by atomic mass is 32.1. The van der Waals surface area contributed by atoms with Crippen molar-refractivity contribution in [1.82, 2.24) is 14.5 Å². The summed E-state index contributed by atoms with van der Waals surface area (Å²) in [6, 6.07) is 15.4. The number of carbonyl (C=O) groups is 2. The number of fused-ring (bicyclic) bond motifs is 3. The highest BCUT2D eigenvalue weighted by Gasteiger charge is 2.29. The summed E-state index contributed by atoms with van der Waals surface area (Å²) in [5, 5.41) is 11.8. The summed E-state index contributed by atoms with van der Waals surface area (Å²) in [7, 11) is 5.08. The van der Waals surface area contributed by atoms with Crippen molar-refractivity contribution in [1.29, 1.82) is 0 Å². The van der Waals surface area contributed by atoms with Gasteiger partial charge in [-0.05, 0) is 53.3 Å². The number of hydrogen-bond acceptors (Lipinski definition) is 5. The Balaban J connectivity index is 1.74. The smallest absolute Gasteiger partial charge is 0.372 e. The number of amides is 1. The first-order valence-corrected chi connectivity index (χ1v) is 11.7. The maximum atomic E-state index is 12.6. The number of carboxylic acids is 1. The number of benzene rings is 2. The summed E-state index contributed by atoms with van der Waals surface area (Å²) in [5.74, 6) is -0.378. The minimum Gasteiger partial charge on any atom is -0.496 e. The number of thiophene rings is 1. The van der Waals surface area contributed by atoms with E-state index in [-0.39, 0.29) is 11.7 Å². The highest BCUT2D eigenvalue weighted by Crippen LogP contribution is 2.44. The van der Waals surface area contributed by atoms with Crippen LogP contribution in [0.15, 0.2) is 53.9 Å². The molecule has 2 aromatic carbocycles. The van der Waals surface area contributed by atoms with Gasteiger partial charge >= 0.3 is 5.97 Å². The van der Waals surface area contributed by atoms with E-state index in [1.165, 1.54) is 11.3 Å². The van der Waals surface area contributed by atoms with Crippen molar-refractivity contribution in [2.24, 2.45) is 0 Å². The first-order valence-electron chi connectivity index (χ1n) is 10.8. The first kappa shape index (κ1) is 21.9. The minimum absolute atomic E-state index is 0.0417. The van der Waals surface area contributed by atoms with Gasteiger partial charge in [-0.15, -0.1) is 11.3 Å². The molecule has 0 unspecified atom stereocenters. The van der Waals surface area contributed by atoms with Gasteiger partial charge in [0.15, 0.2) is 0 Å². The average molecular weight is 474 g/mol. The highest BCUT2D eigenvalue weighted by molar-refractivity contribution is 7.13. The molecular weight excluding hydrogens is 450 g/mol. The van der Waals surface area contributed by atoms with Gasteiger partial charge in [0.05, 0.1) is 17.7 Å². The van der Waals surface area contributed by atoms with Crippen molar-refractivity contribution in [3.63, 3.8) is 0 Å². The van der Waals surface area contributed by atoms with E-state index in [0.717, 1.165) is 32.8 Å².